The molecule has 1 aliphatic rings. The highest BCUT2D eigenvalue weighted by Gasteiger charge is 2.32. The number of carbonyl (C=O) groups is 1. The van der Waals surface area contributed by atoms with Crippen molar-refractivity contribution in [3.8, 4) is 0 Å². The van der Waals surface area contributed by atoms with Gasteiger partial charge in [-0.25, -0.2) is 17.6 Å². The molecule has 1 saturated heterocycles. The van der Waals surface area contributed by atoms with E-state index in [4.69, 9.17) is 5.73 Å². The molecule has 1 aliphatic heterocycles. The van der Waals surface area contributed by atoms with Crippen LogP contribution in [0.5, 0.6) is 0 Å². The second kappa shape index (κ2) is 3.99. The summed E-state index contributed by atoms with van der Waals surface area (Å²) >= 11 is 0. The van der Waals surface area contributed by atoms with Gasteiger partial charge in [-0.05, 0) is 0 Å². The van der Waals surface area contributed by atoms with Crippen LogP contribution in [0.1, 0.15) is 6.42 Å². The van der Waals surface area contributed by atoms with E-state index in [0.717, 1.165) is 4.90 Å². The quantitative estimate of drug-likeness (QED) is 0.462. The Morgan fingerprint density at radius 2 is 1.82 bits per heavy atom. The molecule has 1 aromatic carbocycles. The Balaban J connectivity index is 2.50. The number of hydrogen-bond donors (Lipinski definition) is 1. The van der Waals surface area contributed by atoms with E-state index in [2.05, 4.69) is 0 Å². The number of rotatable bonds is 1. The molecule has 0 bridgehead atoms. The van der Waals surface area contributed by atoms with Crippen LogP contribution in [-0.2, 0) is 4.79 Å². The lowest BCUT2D eigenvalue weighted by Crippen LogP contribution is -2.29. The van der Waals surface area contributed by atoms with Gasteiger partial charge in [-0.2, -0.15) is 0 Å². The molecule has 0 aromatic heterocycles. The predicted octanol–water partition coefficient (Wildman–Crippen LogP) is 1.31. The minimum Gasteiger partial charge on any atom is -0.326 e. The summed E-state index contributed by atoms with van der Waals surface area (Å²) in [6.07, 6.45) is -0.0416. The first-order chi connectivity index (χ1) is 7.91. The van der Waals surface area contributed by atoms with E-state index < -0.39 is 40.9 Å². The lowest BCUT2D eigenvalue weighted by molar-refractivity contribution is -0.117. The Bertz CT molecular complexity index is 492. The summed E-state index contributed by atoms with van der Waals surface area (Å²) in [5.41, 5.74) is 4.84. The fourth-order valence-corrected chi connectivity index (χ4v) is 1.72. The average molecular weight is 248 g/mol. The van der Waals surface area contributed by atoms with Gasteiger partial charge in [0.25, 0.3) is 0 Å². The molecular weight excluding hydrogens is 240 g/mol. The molecule has 1 heterocycles. The molecule has 7 heteroatoms. The lowest BCUT2D eigenvalue weighted by atomic mass is 10.2. The molecule has 2 rings (SSSR count). The molecule has 2 N–H and O–H groups in total. The van der Waals surface area contributed by atoms with Crippen LogP contribution >= 0.6 is 0 Å². The van der Waals surface area contributed by atoms with Crippen molar-refractivity contribution in [3.63, 3.8) is 0 Å². The van der Waals surface area contributed by atoms with E-state index in [9.17, 15) is 22.4 Å². The van der Waals surface area contributed by atoms with E-state index in [-0.39, 0.29) is 13.0 Å². The summed E-state index contributed by atoms with van der Waals surface area (Å²) < 4.78 is 52.0. The molecule has 3 nitrogen and oxygen atoms in total. The summed E-state index contributed by atoms with van der Waals surface area (Å²) in [7, 11) is 0. The van der Waals surface area contributed by atoms with Crippen molar-refractivity contribution < 1.29 is 22.4 Å². The number of amides is 1. The van der Waals surface area contributed by atoms with Gasteiger partial charge in [0.2, 0.25) is 5.91 Å². The number of anilines is 1. The first-order valence-corrected chi connectivity index (χ1v) is 4.80. The first kappa shape index (κ1) is 11.8. The van der Waals surface area contributed by atoms with Gasteiger partial charge in [-0.3, -0.25) is 4.79 Å². The van der Waals surface area contributed by atoms with Gasteiger partial charge in [0.15, 0.2) is 23.3 Å². The van der Waals surface area contributed by atoms with Crippen LogP contribution < -0.4 is 10.6 Å². The zero-order chi connectivity index (χ0) is 12.7. The van der Waals surface area contributed by atoms with Crippen molar-refractivity contribution in [2.75, 3.05) is 11.4 Å². The van der Waals surface area contributed by atoms with Crippen LogP contribution in [0.2, 0.25) is 0 Å². The smallest absolute Gasteiger partial charge is 0.228 e. The minimum atomic E-state index is -1.94. The van der Waals surface area contributed by atoms with Crippen molar-refractivity contribution >= 4 is 11.6 Å². The fourth-order valence-electron chi connectivity index (χ4n) is 1.72. The molecule has 1 aromatic rings. The monoisotopic (exact) mass is 248 g/mol. The minimum absolute atomic E-state index is 0.0416. The van der Waals surface area contributed by atoms with E-state index >= 15 is 0 Å². The number of halogens is 4. The maximum absolute atomic E-state index is 13.4. The summed E-state index contributed by atoms with van der Waals surface area (Å²) in [6.45, 7) is -0.0553. The third-order valence-electron chi connectivity index (χ3n) is 2.53. The summed E-state index contributed by atoms with van der Waals surface area (Å²) in [6, 6.07) is -0.0815. The van der Waals surface area contributed by atoms with Gasteiger partial charge in [0, 0.05) is 25.1 Å². The van der Waals surface area contributed by atoms with Gasteiger partial charge in [0.1, 0.15) is 0 Å². The van der Waals surface area contributed by atoms with Crippen LogP contribution in [0.3, 0.4) is 0 Å². The van der Waals surface area contributed by atoms with E-state index in [1.54, 1.807) is 0 Å². The van der Waals surface area contributed by atoms with E-state index in [0.29, 0.717) is 6.07 Å². The van der Waals surface area contributed by atoms with Gasteiger partial charge in [-0.15, -0.1) is 0 Å². The van der Waals surface area contributed by atoms with Crippen LogP contribution in [-0.4, -0.2) is 18.5 Å². The Labute approximate surface area is 93.8 Å². The normalized spacial score (nSPS) is 20.2. The van der Waals surface area contributed by atoms with Gasteiger partial charge in [0.05, 0.1) is 5.69 Å². The van der Waals surface area contributed by atoms with Crippen molar-refractivity contribution in [2.45, 2.75) is 12.5 Å². The SMILES string of the molecule is NC1CC(=O)N(c2cc(F)c(F)c(F)c2F)C1. The molecule has 1 atom stereocenters. The van der Waals surface area contributed by atoms with Crippen LogP contribution in [0.25, 0.3) is 0 Å². The van der Waals surface area contributed by atoms with Crippen molar-refractivity contribution in [1.82, 2.24) is 0 Å². The third kappa shape index (κ3) is 1.86. The molecule has 0 saturated carbocycles. The van der Waals surface area contributed by atoms with E-state index in [1.165, 1.54) is 0 Å². The Morgan fingerprint density at radius 3 is 2.35 bits per heavy atom. The highest BCUT2D eigenvalue weighted by atomic mass is 19.2. The second-order valence-electron chi connectivity index (χ2n) is 3.79. The molecule has 0 radical (unpaired) electrons. The highest BCUT2D eigenvalue weighted by molar-refractivity contribution is 5.96. The fraction of sp³-hybridized carbons (Fsp3) is 0.300. The van der Waals surface area contributed by atoms with Gasteiger partial charge in [-0.1, -0.05) is 0 Å². The van der Waals surface area contributed by atoms with Crippen molar-refractivity contribution in [3.05, 3.63) is 29.3 Å². The maximum atomic E-state index is 13.4. The number of benzene rings is 1. The molecule has 0 aliphatic carbocycles. The van der Waals surface area contributed by atoms with Crippen molar-refractivity contribution in [2.24, 2.45) is 5.73 Å². The number of nitrogens with zero attached hydrogens (tertiary/aromatic N) is 1. The summed E-state index contributed by atoms with van der Waals surface area (Å²) in [4.78, 5) is 12.2. The number of carbonyl (C=O) groups excluding carboxylic acids is 1. The van der Waals surface area contributed by atoms with Crippen LogP contribution in [0.15, 0.2) is 6.07 Å². The Morgan fingerprint density at radius 1 is 1.18 bits per heavy atom. The second-order valence-corrected chi connectivity index (χ2v) is 3.79. The molecule has 1 unspecified atom stereocenters. The zero-order valence-corrected chi connectivity index (χ0v) is 8.51. The largest absolute Gasteiger partial charge is 0.326 e. The molecule has 92 valence electrons. The molecular formula is C10H8F4N2O. The molecule has 1 fully saturated rings. The highest BCUT2D eigenvalue weighted by Crippen LogP contribution is 2.28. The number of nitrogens with two attached hydrogens (primary N) is 1. The summed E-state index contributed by atoms with van der Waals surface area (Å²) in [5, 5.41) is 0. The Hall–Kier alpha value is -1.63. The predicted molar refractivity (Wildman–Crippen MR) is 51.2 cm³/mol. The topological polar surface area (TPSA) is 46.3 Å². The molecule has 17 heavy (non-hydrogen) atoms. The zero-order valence-electron chi connectivity index (χ0n) is 8.51. The molecule has 1 amide bonds. The van der Waals surface area contributed by atoms with Crippen LogP contribution in [0, 0.1) is 23.3 Å². The van der Waals surface area contributed by atoms with Crippen molar-refractivity contribution in [1.29, 1.82) is 0 Å². The average Bonchev–Trinajstić information content (AvgIpc) is 2.60. The van der Waals surface area contributed by atoms with Gasteiger partial charge >= 0.3 is 0 Å². The molecule has 0 spiro atoms. The Kier molecular flexibility index (Phi) is 2.78. The van der Waals surface area contributed by atoms with Crippen LogP contribution in [0.4, 0.5) is 23.2 Å². The standard InChI is InChI=1S/C10H8F4N2O/c11-5-2-6(9(13)10(14)8(5)12)16-3-4(15)1-7(16)17/h2,4H,1,3,15H2. The first-order valence-electron chi connectivity index (χ1n) is 4.80. The summed E-state index contributed by atoms with van der Waals surface area (Å²) in [5.74, 6) is -7.53. The van der Waals surface area contributed by atoms with E-state index in [1.807, 2.05) is 0 Å². The maximum Gasteiger partial charge on any atom is 0.228 e. The third-order valence-corrected chi connectivity index (χ3v) is 2.53. The van der Waals surface area contributed by atoms with Gasteiger partial charge < -0.3 is 10.6 Å². The lowest BCUT2D eigenvalue weighted by Gasteiger charge is -2.17. The number of hydrogen-bond acceptors (Lipinski definition) is 2.